The molecule has 1 heterocycles. The van der Waals surface area contributed by atoms with Gasteiger partial charge in [0.05, 0.1) is 0 Å². The number of nitrogens with zero attached hydrogens (tertiary/aromatic N) is 1. The van der Waals surface area contributed by atoms with Gasteiger partial charge >= 0.3 is 0 Å². The van der Waals surface area contributed by atoms with Crippen LogP contribution in [-0.4, -0.2) is 30.8 Å². The summed E-state index contributed by atoms with van der Waals surface area (Å²) in [5.74, 6) is 0.336. The summed E-state index contributed by atoms with van der Waals surface area (Å²) >= 11 is 0. The topological polar surface area (TPSA) is 20.3 Å². The van der Waals surface area contributed by atoms with Crippen molar-refractivity contribution in [2.75, 3.05) is 20.1 Å². The first-order valence-corrected chi connectivity index (χ1v) is 3.28. The Balaban J connectivity index is 1.94. The minimum atomic E-state index is 0.336. The summed E-state index contributed by atoms with van der Waals surface area (Å²) in [4.78, 5) is 12.8. The molecular weight excluding hydrogens is 114 g/mol. The molecule has 1 saturated heterocycles. The predicted molar refractivity (Wildman–Crippen MR) is 33.9 cm³/mol. The first kappa shape index (κ1) is 5.42. The molecule has 2 aliphatic rings. The van der Waals surface area contributed by atoms with Gasteiger partial charge < -0.3 is 4.90 Å². The smallest absolute Gasteiger partial charge is 0.138 e. The van der Waals surface area contributed by atoms with Crippen molar-refractivity contribution in [3.63, 3.8) is 0 Å². The normalized spacial score (nSPS) is 31.9. The van der Waals surface area contributed by atoms with E-state index in [1.54, 1.807) is 0 Å². The fraction of sp³-hybridized carbons (Fsp3) is 0.714. The van der Waals surface area contributed by atoms with Crippen LogP contribution in [0, 0.1) is 11.8 Å². The van der Waals surface area contributed by atoms with E-state index in [0.717, 1.165) is 19.5 Å². The molecule has 0 amide bonds. The van der Waals surface area contributed by atoms with Crippen molar-refractivity contribution in [3.8, 4) is 0 Å². The van der Waals surface area contributed by atoms with E-state index in [1.807, 2.05) is 6.42 Å². The number of Topliss-reactive ketones (excluding diaryl/α,β-unsaturated/α-hetero) is 1. The molecule has 1 spiro atoms. The maximum absolute atomic E-state index is 10.5. The number of rotatable bonds is 0. The maximum atomic E-state index is 10.5. The van der Waals surface area contributed by atoms with Crippen molar-refractivity contribution < 1.29 is 4.79 Å². The van der Waals surface area contributed by atoms with E-state index in [-0.39, 0.29) is 0 Å². The number of likely N-dealkylation sites (tertiary alicyclic amines) is 1. The SMILES string of the molecule is CN1CC2([CH]C(=O)C2)C1. The van der Waals surface area contributed by atoms with Crippen molar-refractivity contribution >= 4 is 5.78 Å². The molecule has 0 atom stereocenters. The molecule has 1 aliphatic heterocycles. The van der Waals surface area contributed by atoms with E-state index < -0.39 is 0 Å². The largest absolute Gasteiger partial charge is 0.305 e. The molecule has 1 saturated carbocycles. The zero-order valence-corrected chi connectivity index (χ0v) is 5.55. The van der Waals surface area contributed by atoms with E-state index in [4.69, 9.17) is 0 Å². The first-order valence-electron chi connectivity index (χ1n) is 3.28. The van der Waals surface area contributed by atoms with Gasteiger partial charge in [0.2, 0.25) is 0 Å². The highest BCUT2D eigenvalue weighted by Gasteiger charge is 2.50. The molecule has 49 valence electrons. The maximum Gasteiger partial charge on any atom is 0.138 e. The van der Waals surface area contributed by atoms with E-state index in [1.165, 1.54) is 0 Å². The quantitative estimate of drug-likeness (QED) is 0.456. The van der Waals surface area contributed by atoms with Crippen LogP contribution in [0.2, 0.25) is 0 Å². The van der Waals surface area contributed by atoms with Gasteiger partial charge in [-0.1, -0.05) is 0 Å². The summed E-state index contributed by atoms with van der Waals surface area (Å²) < 4.78 is 0. The molecule has 2 heteroatoms. The van der Waals surface area contributed by atoms with Crippen LogP contribution in [-0.2, 0) is 4.79 Å². The van der Waals surface area contributed by atoms with E-state index in [0.29, 0.717) is 11.2 Å². The van der Waals surface area contributed by atoms with Gasteiger partial charge in [0.25, 0.3) is 0 Å². The lowest BCUT2D eigenvalue weighted by molar-refractivity contribution is -0.131. The Morgan fingerprint density at radius 3 is 2.56 bits per heavy atom. The minimum absolute atomic E-state index is 0.336. The average Bonchev–Trinajstić information content (AvgIpc) is 1.58. The van der Waals surface area contributed by atoms with Crippen LogP contribution < -0.4 is 0 Å². The van der Waals surface area contributed by atoms with Crippen LogP contribution in [0.3, 0.4) is 0 Å². The third kappa shape index (κ3) is 0.628. The van der Waals surface area contributed by atoms with Crippen molar-refractivity contribution in [3.05, 3.63) is 6.42 Å². The van der Waals surface area contributed by atoms with Crippen molar-refractivity contribution in [1.29, 1.82) is 0 Å². The second kappa shape index (κ2) is 1.37. The van der Waals surface area contributed by atoms with Crippen molar-refractivity contribution in [1.82, 2.24) is 4.90 Å². The zero-order valence-electron chi connectivity index (χ0n) is 5.55. The summed E-state index contributed by atoms with van der Waals surface area (Å²) in [5, 5.41) is 0. The number of carbonyl (C=O) groups is 1. The molecule has 0 aromatic heterocycles. The number of carbonyl (C=O) groups excluding carboxylic acids is 1. The highest BCUT2D eigenvalue weighted by Crippen LogP contribution is 2.43. The van der Waals surface area contributed by atoms with Gasteiger partial charge in [-0.2, -0.15) is 0 Å². The number of hydrogen-bond acceptors (Lipinski definition) is 2. The standard InChI is InChI=1S/C7H10NO/c1-8-4-7(5-8)2-6(9)3-7/h2H,3-5H2,1H3. The van der Waals surface area contributed by atoms with Gasteiger partial charge in [0.15, 0.2) is 0 Å². The third-order valence-corrected chi connectivity index (χ3v) is 2.16. The molecule has 0 bridgehead atoms. The van der Waals surface area contributed by atoms with E-state index in [9.17, 15) is 4.79 Å². The predicted octanol–water partition coefficient (Wildman–Crippen LogP) is 0.0953. The molecule has 0 unspecified atom stereocenters. The number of hydrogen-bond donors (Lipinski definition) is 0. The minimum Gasteiger partial charge on any atom is -0.305 e. The number of ketones is 1. The van der Waals surface area contributed by atoms with Crippen LogP contribution in [0.15, 0.2) is 0 Å². The van der Waals surface area contributed by atoms with Gasteiger partial charge in [-0.3, -0.25) is 4.79 Å². The zero-order chi connectivity index (χ0) is 6.48. The summed E-state index contributed by atoms with van der Waals surface area (Å²) in [6.07, 6.45) is 2.68. The van der Waals surface area contributed by atoms with Crippen LogP contribution in [0.5, 0.6) is 0 Å². The molecule has 0 aromatic carbocycles. The monoisotopic (exact) mass is 124 g/mol. The Kier molecular flexibility index (Phi) is 0.826. The fourth-order valence-corrected chi connectivity index (χ4v) is 1.89. The highest BCUT2D eigenvalue weighted by molar-refractivity contribution is 5.96. The van der Waals surface area contributed by atoms with Crippen molar-refractivity contribution in [2.45, 2.75) is 6.42 Å². The average molecular weight is 124 g/mol. The summed E-state index contributed by atoms with van der Waals surface area (Å²) in [5.41, 5.74) is 0.339. The summed E-state index contributed by atoms with van der Waals surface area (Å²) in [6, 6.07) is 0. The molecule has 9 heavy (non-hydrogen) atoms. The second-order valence-electron chi connectivity index (χ2n) is 3.32. The lowest BCUT2D eigenvalue weighted by Gasteiger charge is -2.53. The van der Waals surface area contributed by atoms with Crippen LogP contribution in [0.1, 0.15) is 6.42 Å². The van der Waals surface area contributed by atoms with E-state index >= 15 is 0 Å². The van der Waals surface area contributed by atoms with Crippen LogP contribution in [0.4, 0.5) is 0 Å². The van der Waals surface area contributed by atoms with Crippen molar-refractivity contribution in [2.24, 2.45) is 5.41 Å². The summed E-state index contributed by atoms with van der Waals surface area (Å²) in [7, 11) is 2.09. The third-order valence-electron chi connectivity index (χ3n) is 2.16. The Morgan fingerprint density at radius 1 is 1.67 bits per heavy atom. The van der Waals surface area contributed by atoms with Crippen LogP contribution in [0.25, 0.3) is 0 Å². The fourth-order valence-electron chi connectivity index (χ4n) is 1.89. The van der Waals surface area contributed by atoms with Crippen LogP contribution >= 0.6 is 0 Å². The second-order valence-corrected chi connectivity index (χ2v) is 3.32. The van der Waals surface area contributed by atoms with Gasteiger partial charge in [0.1, 0.15) is 5.78 Å². The molecule has 0 N–H and O–H groups in total. The Labute approximate surface area is 54.8 Å². The molecule has 0 aromatic rings. The van der Waals surface area contributed by atoms with Gasteiger partial charge in [0, 0.05) is 31.3 Å². The molecule has 2 fully saturated rings. The highest BCUT2D eigenvalue weighted by atomic mass is 16.1. The summed E-state index contributed by atoms with van der Waals surface area (Å²) in [6.45, 7) is 2.19. The molecule has 2 nitrogen and oxygen atoms in total. The molecule has 1 radical (unpaired) electrons. The Hall–Kier alpha value is -0.370. The first-order chi connectivity index (χ1) is 4.20. The Morgan fingerprint density at radius 2 is 2.22 bits per heavy atom. The van der Waals surface area contributed by atoms with Gasteiger partial charge in [-0.25, -0.2) is 0 Å². The lowest BCUT2D eigenvalue weighted by atomic mass is 9.63. The molecule has 2 rings (SSSR count). The van der Waals surface area contributed by atoms with E-state index in [2.05, 4.69) is 11.9 Å². The lowest BCUT2D eigenvalue weighted by Crippen LogP contribution is -2.61. The Bertz CT molecular complexity index is 148. The van der Waals surface area contributed by atoms with Gasteiger partial charge in [-0.15, -0.1) is 0 Å². The van der Waals surface area contributed by atoms with Gasteiger partial charge in [-0.05, 0) is 7.05 Å². The molecule has 1 aliphatic carbocycles. The molecular formula is C7H10NO.